The fourth-order valence-corrected chi connectivity index (χ4v) is 1.88. The van der Waals surface area contributed by atoms with Crippen LogP contribution in [0.15, 0.2) is 30.4 Å². The highest BCUT2D eigenvalue weighted by Gasteiger charge is 2.18. The number of anilines is 1. The first-order chi connectivity index (χ1) is 8.49. The first-order valence-corrected chi connectivity index (χ1v) is 5.64. The molecular weight excluding hydrogens is 232 g/mol. The first kappa shape index (κ1) is 12.2. The summed E-state index contributed by atoms with van der Waals surface area (Å²) < 4.78 is 0. The second-order valence-electron chi connectivity index (χ2n) is 4.42. The van der Waals surface area contributed by atoms with Crippen LogP contribution in [0.5, 0.6) is 5.75 Å². The molecule has 0 aromatic heterocycles. The molecule has 1 aliphatic carbocycles. The van der Waals surface area contributed by atoms with Gasteiger partial charge in [-0.1, -0.05) is 25.2 Å². The summed E-state index contributed by atoms with van der Waals surface area (Å²) in [5.74, 6) is 0.207. The van der Waals surface area contributed by atoms with Crippen molar-refractivity contribution in [2.24, 2.45) is 5.92 Å². The van der Waals surface area contributed by atoms with Gasteiger partial charge in [-0.15, -0.1) is 0 Å². The van der Waals surface area contributed by atoms with Gasteiger partial charge in [0.25, 0.3) is 5.69 Å². The summed E-state index contributed by atoms with van der Waals surface area (Å²) in [6.07, 6.45) is 6.82. The average Bonchev–Trinajstić information content (AvgIpc) is 2.33. The predicted molar refractivity (Wildman–Crippen MR) is 70.1 cm³/mol. The van der Waals surface area contributed by atoms with E-state index in [4.69, 9.17) is 5.73 Å². The number of rotatable bonds is 2. The number of hydrogen-bond acceptors (Lipinski definition) is 4. The Kier molecular flexibility index (Phi) is 3.06. The van der Waals surface area contributed by atoms with Crippen LogP contribution < -0.4 is 5.73 Å². The minimum atomic E-state index is -0.589. The monoisotopic (exact) mass is 246 g/mol. The molecule has 0 heterocycles. The van der Waals surface area contributed by atoms with Crippen molar-refractivity contribution in [3.63, 3.8) is 0 Å². The lowest BCUT2D eigenvalue weighted by molar-refractivity contribution is -0.384. The molecule has 0 amide bonds. The fraction of sp³-hybridized carbons (Fsp3) is 0.231. The Morgan fingerprint density at radius 1 is 1.50 bits per heavy atom. The van der Waals surface area contributed by atoms with Crippen molar-refractivity contribution < 1.29 is 10.0 Å². The smallest absolute Gasteiger partial charge is 0.296 e. The van der Waals surface area contributed by atoms with Crippen LogP contribution in [0, 0.1) is 16.0 Å². The van der Waals surface area contributed by atoms with Crippen LogP contribution in [0.4, 0.5) is 11.4 Å². The third-order valence-electron chi connectivity index (χ3n) is 2.98. The van der Waals surface area contributed by atoms with Gasteiger partial charge in [0.05, 0.1) is 4.92 Å². The molecule has 0 aliphatic heterocycles. The van der Waals surface area contributed by atoms with Gasteiger partial charge in [0.2, 0.25) is 0 Å². The average molecular weight is 246 g/mol. The van der Waals surface area contributed by atoms with E-state index in [0.29, 0.717) is 11.5 Å². The molecule has 0 saturated heterocycles. The second-order valence-corrected chi connectivity index (χ2v) is 4.42. The third kappa shape index (κ3) is 2.20. The van der Waals surface area contributed by atoms with Crippen molar-refractivity contribution in [3.8, 4) is 5.75 Å². The van der Waals surface area contributed by atoms with Crippen molar-refractivity contribution in [3.05, 3.63) is 46.0 Å². The zero-order valence-corrected chi connectivity index (χ0v) is 9.96. The second kappa shape index (κ2) is 4.52. The van der Waals surface area contributed by atoms with Gasteiger partial charge in [-0.05, 0) is 29.5 Å². The van der Waals surface area contributed by atoms with E-state index in [1.807, 2.05) is 18.2 Å². The molecule has 0 saturated carbocycles. The maximum absolute atomic E-state index is 10.8. The molecule has 3 N–H and O–H groups in total. The van der Waals surface area contributed by atoms with E-state index in [9.17, 15) is 15.2 Å². The number of nitrogen functional groups attached to an aromatic ring is 1. The Labute approximate surface area is 104 Å². The van der Waals surface area contributed by atoms with Crippen LogP contribution in [0.1, 0.15) is 18.9 Å². The molecule has 0 bridgehead atoms. The van der Waals surface area contributed by atoms with E-state index in [2.05, 4.69) is 6.92 Å². The van der Waals surface area contributed by atoms with Gasteiger partial charge in [0.1, 0.15) is 5.75 Å². The number of hydrogen-bond donors (Lipinski definition) is 2. The van der Waals surface area contributed by atoms with Crippen LogP contribution in [-0.4, -0.2) is 10.0 Å². The van der Waals surface area contributed by atoms with E-state index in [1.54, 1.807) is 0 Å². The third-order valence-corrected chi connectivity index (χ3v) is 2.98. The molecule has 5 heteroatoms. The molecule has 1 atom stereocenters. The number of phenolic OH excluding ortho intramolecular Hbond substituents is 1. The standard InChI is InChI=1S/C13H14N2O3/c1-8-2-4-9(5-3-8)10-6-11(15(17)18)13(14)12(16)7-10/h2,4-8,16H,3,14H2,1H3. The minimum absolute atomic E-state index is 0.197. The van der Waals surface area contributed by atoms with Crippen LogP contribution >= 0.6 is 0 Å². The maximum atomic E-state index is 10.8. The Morgan fingerprint density at radius 2 is 2.22 bits per heavy atom. The SMILES string of the molecule is CC1C=CC(c2cc(O)c(N)c([N+](=O)[O-])c2)=CC1. The zero-order valence-electron chi connectivity index (χ0n) is 9.96. The van der Waals surface area contributed by atoms with E-state index >= 15 is 0 Å². The summed E-state index contributed by atoms with van der Waals surface area (Å²) in [5.41, 5.74) is 6.49. The highest BCUT2D eigenvalue weighted by Crippen LogP contribution is 2.36. The van der Waals surface area contributed by atoms with Crippen molar-refractivity contribution in [1.82, 2.24) is 0 Å². The van der Waals surface area contributed by atoms with Crippen molar-refractivity contribution in [2.75, 3.05) is 5.73 Å². The normalized spacial score (nSPS) is 18.5. The van der Waals surface area contributed by atoms with Gasteiger partial charge in [-0.3, -0.25) is 10.1 Å². The number of nitrogens with two attached hydrogens (primary N) is 1. The van der Waals surface area contributed by atoms with Crippen molar-refractivity contribution in [1.29, 1.82) is 0 Å². The van der Waals surface area contributed by atoms with Crippen LogP contribution in [-0.2, 0) is 0 Å². The molecular formula is C13H14N2O3. The number of benzene rings is 1. The van der Waals surface area contributed by atoms with Gasteiger partial charge < -0.3 is 10.8 Å². The van der Waals surface area contributed by atoms with E-state index < -0.39 is 4.92 Å². The van der Waals surface area contributed by atoms with E-state index in [-0.39, 0.29) is 17.1 Å². The lowest BCUT2D eigenvalue weighted by Crippen LogP contribution is -1.99. The number of aromatic hydroxyl groups is 1. The Balaban J connectivity index is 2.47. The van der Waals surface area contributed by atoms with Gasteiger partial charge >= 0.3 is 0 Å². The number of allylic oxidation sites excluding steroid dienone is 4. The Bertz CT molecular complexity index is 562. The summed E-state index contributed by atoms with van der Waals surface area (Å²) >= 11 is 0. The van der Waals surface area contributed by atoms with Gasteiger partial charge in [-0.2, -0.15) is 0 Å². The molecule has 1 aliphatic rings. The molecule has 0 radical (unpaired) electrons. The van der Waals surface area contributed by atoms with Gasteiger partial charge in [0.15, 0.2) is 5.69 Å². The Hall–Kier alpha value is -2.30. The highest BCUT2D eigenvalue weighted by atomic mass is 16.6. The van der Waals surface area contributed by atoms with Crippen LogP contribution in [0.3, 0.4) is 0 Å². The molecule has 1 aromatic rings. The molecule has 1 unspecified atom stereocenters. The minimum Gasteiger partial charge on any atom is -0.505 e. The quantitative estimate of drug-likeness (QED) is 0.363. The predicted octanol–water partition coefficient (Wildman–Crippen LogP) is 2.86. The number of phenols is 1. The highest BCUT2D eigenvalue weighted by molar-refractivity contribution is 5.81. The topological polar surface area (TPSA) is 89.4 Å². The van der Waals surface area contributed by atoms with E-state index in [0.717, 1.165) is 12.0 Å². The first-order valence-electron chi connectivity index (χ1n) is 5.64. The summed E-state index contributed by atoms with van der Waals surface area (Å²) in [7, 11) is 0. The molecule has 5 nitrogen and oxygen atoms in total. The van der Waals surface area contributed by atoms with Crippen LogP contribution in [0.25, 0.3) is 5.57 Å². The fourth-order valence-electron chi connectivity index (χ4n) is 1.88. The summed E-state index contributed by atoms with van der Waals surface area (Å²) in [5, 5.41) is 20.5. The molecule has 94 valence electrons. The summed E-state index contributed by atoms with van der Waals surface area (Å²) in [6, 6.07) is 2.84. The van der Waals surface area contributed by atoms with Crippen molar-refractivity contribution >= 4 is 16.9 Å². The van der Waals surface area contributed by atoms with Crippen molar-refractivity contribution in [2.45, 2.75) is 13.3 Å². The molecule has 0 spiro atoms. The lowest BCUT2D eigenvalue weighted by atomic mass is 9.93. The molecule has 2 rings (SSSR count). The lowest BCUT2D eigenvalue weighted by Gasteiger charge is -2.12. The maximum Gasteiger partial charge on any atom is 0.296 e. The molecule has 1 aromatic carbocycles. The van der Waals surface area contributed by atoms with Gasteiger partial charge in [-0.25, -0.2) is 0 Å². The van der Waals surface area contributed by atoms with Crippen LogP contribution in [0.2, 0.25) is 0 Å². The number of nitrogens with zero attached hydrogens (tertiary/aromatic N) is 1. The largest absolute Gasteiger partial charge is 0.505 e. The summed E-state index contributed by atoms with van der Waals surface area (Å²) in [6.45, 7) is 2.09. The molecule has 18 heavy (non-hydrogen) atoms. The van der Waals surface area contributed by atoms with E-state index in [1.165, 1.54) is 12.1 Å². The Morgan fingerprint density at radius 3 is 2.78 bits per heavy atom. The summed E-state index contributed by atoms with van der Waals surface area (Å²) in [4.78, 5) is 10.2. The number of nitro benzene ring substituents is 1. The van der Waals surface area contributed by atoms with Gasteiger partial charge in [0, 0.05) is 6.07 Å². The number of nitro groups is 1. The zero-order chi connectivity index (χ0) is 13.3. The molecule has 0 fully saturated rings.